The molecule has 0 radical (unpaired) electrons. The van der Waals surface area contributed by atoms with Crippen molar-refractivity contribution in [2.45, 2.75) is 64.0 Å². The van der Waals surface area contributed by atoms with E-state index in [0.29, 0.717) is 12.6 Å². The number of guanidine groups is 1. The Balaban J connectivity index is 1.50. The third kappa shape index (κ3) is 7.77. The number of ether oxygens (including phenoxy) is 1. The van der Waals surface area contributed by atoms with E-state index in [1.165, 1.54) is 38.5 Å². The Morgan fingerprint density at radius 3 is 2.71 bits per heavy atom. The molecule has 2 rings (SSSR count). The van der Waals surface area contributed by atoms with Crippen molar-refractivity contribution in [1.82, 2.24) is 15.6 Å². The Bertz CT molecular complexity index is 456. The predicted molar refractivity (Wildman–Crippen MR) is 99.1 cm³/mol. The van der Waals surface area contributed by atoms with E-state index in [4.69, 9.17) is 4.74 Å². The Labute approximate surface area is 146 Å². The van der Waals surface area contributed by atoms with Gasteiger partial charge < -0.3 is 15.4 Å². The average Bonchev–Trinajstić information content (AvgIpc) is 2.90. The van der Waals surface area contributed by atoms with E-state index < -0.39 is 0 Å². The Kier molecular flexibility index (Phi) is 9.24. The van der Waals surface area contributed by atoms with Crippen LogP contribution in [0.2, 0.25) is 0 Å². The molecule has 1 aliphatic carbocycles. The van der Waals surface area contributed by atoms with Crippen LogP contribution in [0.5, 0.6) is 0 Å². The number of hydrogen-bond donors (Lipinski definition) is 2. The topological polar surface area (TPSA) is 58.5 Å². The zero-order chi connectivity index (χ0) is 16.9. The van der Waals surface area contributed by atoms with Crippen molar-refractivity contribution in [2.75, 3.05) is 20.2 Å². The second-order valence-electron chi connectivity index (χ2n) is 6.37. The van der Waals surface area contributed by atoms with Crippen molar-refractivity contribution in [1.29, 1.82) is 0 Å². The lowest BCUT2D eigenvalue weighted by Gasteiger charge is -2.15. The number of aromatic nitrogens is 1. The van der Waals surface area contributed by atoms with Crippen LogP contribution in [0, 0.1) is 0 Å². The van der Waals surface area contributed by atoms with Gasteiger partial charge in [-0.1, -0.05) is 31.7 Å². The second-order valence-corrected chi connectivity index (χ2v) is 6.37. The zero-order valence-corrected chi connectivity index (χ0v) is 15.0. The molecule has 0 aromatic carbocycles. The maximum Gasteiger partial charge on any atom is 0.191 e. The summed E-state index contributed by atoms with van der Waals surface area (Å²) >= 11 is 0. The lowest BCUT2D eigenvalue weighted by molar-refractivity contribution is 0.0411. The summed E-state index contributed by atoms with van der Waals surface area (Å²) in [7, 11) is 1.79. The number of aliphatic imine (C=N–C) groups is 1. The van der Waals surface area contributed by atoms with E-state index >= 15 is 0 Å². The Hall–Kier alpha value is -1.62. The molecule has 0 bridgehead atoms. The van der Waals surface area contributed by atoms with Crippen molar-refractivity contribution in [2.24, 2.45) is 4.99 Å². The van der Waals surface area contributed by atoms with Gasteiger partial charge in [-0.25, -0.2) is 0 Å². The van der Waals surface area contributed by atoms with Crippen LogP contribution in [0.3, 0.4) is 0 Å². The van der Waals surface area contributed by atoms with Crippen molar-refractivity contribution in [3.8, 4) is 0 Å². The number of pyridine rings is 1. The van der Waals surface area contributed by atoms with Gasteiger partial charge in [0.1, 0.15) is 0 Å². The number of rotatable bonds is 8. The maximum atomic E-state index is 6.02. The molecule has 1 heterocycles. The first-order valence-corrected chi connectivity index (χ1v) is 9.34. The highest BCUT2D eigenvalue weighted by atomic mass is 16.5. The van der Waals surface area contributed by atoms with Gasteiger partial charge in [-0.3, -0.25) is 9.98 Å². The zero-order valence-electron chi connectivity index (χ0n) is 15.0. The fraction of sp³-hybridized carbons (Fsp3) is 0.684. The lowest BCUT2D eigenvalue weighted by atomic mass is 10.1. The molecule has 1 aliphatic rings. The summed E-state index contributed by atoms with van der Waals surface area (Å²) in [5.74, 6) is 0.824. The molecule has 1 aromatic heterocycles. The van der Waals surface area contributed by atoms with Crippen LogP contribution in [-0.2, 0) is 11.3 Å². The fourth-order valence-electron chi connectivity index (χ4n) is 2.99. The summed E-state index contributed by atoms with van der Waals surface area (Å²) in [6.07, 6.45) is 12.5. The monoisotopic (exact) mass is 332 g/mol. The summed E-state index contributed by atoms with van der Waals surface area (Å²) in [6, 6.07) is 5.92. The van der Waals surface area contributed by atoms with Crippen molar-refractivity contribution in [3.05, 3.63) is 30.1 Å². The average molecular weight is 332 g/mol. The second kappa shape index (κ2) is 11.8. The molecule has 1 fully saturated rings. The number of hydrogen-bond acceptors (Lipinski definition) is 3. The molecule has 0 amide bonds. The first-order valence-electron chi connectivity index (χ1n) is 9.34. The normalized spacial score (nSPS) is 16.6. The van der Waals surface area contributed by atoms with Gasteiger partial charge >= 0.3 is 0 Å². The molecule has 5 heteroatoms. The minimum absolute atomic E-state index is 0.508. The first kappa shape index (κ1) is 18.7. The van der Waals surface area contributed by atoms with Crippen LogP contribution in [-0.4, -0.2) is 37.2 Å². The summed E-state index contributed by atoms with van der Waals surface area (Å²) in [5.41, 5.74) is 1.01. The van der Waals surface area contributed by atoms with Gasteiger partial charge in [0.2, 0.25) is 0 Å². The van der Waals surface area contributed by atoms with Crippen LogP contribution >= 0.6 is 0 Å². The molecule has 1 saturated carbocycles. The third-order valence-corrected chi connectivity index (χ3v) is 4.41. The molecule has 0 aliphatic heterocycles. The van der Waals surface area contributed by atoms with Gasteiger partial charge in [0.15, 0.2) is 5.96 Å². The van der Waals surface area contributed by atoms with Gasteiger partial charge in [0.25, 0.3) is 0 Å². The maximum absolute atomic E-state index is 6.02. The first-order chi connectivity index (χ1) is 11.9. The molecule has 0 unspecified atom stereocenters. The molecular weight excluding hydrogens is 300 g/mol. The molecule has 5 nitrogen and oxygen atoms in total. The van der Waals surface area contributed by atoms with Gasteiger partial charge in [-0.2, -0.15) is 0 Å². The standard InChI is InChI=1S/C19H32N4O/c1-20-19(23-16-17-10-6-7-13-21-17)22-14-8-9-15-24-18-11-4-2-3-5-12-18/h6-7,10,13,18H,2-5,8-9,11-12,14-16H2,1H3,(H2,20,22,23). The molecule has 0 saturated heterocycles. The quantitative estimate of drug-likeness (QED) is 0.332. The SMILES string of the molecule is CN=C(NCCCCOC1CCCCCC1)NCc1ccccn1. The Morgan fingerprint density at radius 2 is 2.00 bits per heavy atom. The van der Waals surface area contributed by atoms with Gasteiger partial charge in [-0.15, -0.1) is 0 Å². The van der Waals surface area contributed by atoms with E-state index in [-0.39, 0.29) is 0 Å². The highest BCUT2D eigenvalue weighted by Crippen LogP contribution is 2.19. The number of nitrogens with zero attached hydrogens (tertiary/aromatic N) is 2. The number of unbranched alkanes of at least 4 members (excludes halogenated alkanes) is 1. The van der Waals surface area contributed by atoms with Gasteiger partial charge in [0, 0.05) is 26.4 Å². The van der Waals surface area contributed by atoms with E-state index in [9.17, 15) is 0 Å². The van der Waals surface area contributed by atoms with E-state index in [1.54, 1.807) is 7.05 Å². The Morgan fingerprint density at radius 1 is 1.17 bits per heavy atom. The van der Waals surface area contributed by atoms with Crippen LogP contribution in [0.15, 0.2) is 29.4 Å². The molecule has 0 atom stereocenters. The summed E-state index contributed by atoms with van der Waals surface area (Å²) in [6.45, 7) is 2.48. The van der Waals surface area contributed by atoms with E-state index in [2.05, 4.69) is 20.6 Å². The highest BCUT2D eigenvalue weighted by Gasteiger charge is 2.11. The smallest absolute Gasteiger partial charge is 0.191 e. The molecule has 2 N–H and O–H groups in total. The minimum atomic E-state index is 0.508. The van der Waals surface area contributed by atoms with Crippen LogP contribution in [0.25, 0.3) is 0 Å². The van der Waals surface area contributed by atoms with Crippen LogP contribution < -0.4 is 10.6 Å². The third-order valence-electron chi connectivity index (χ3n) is 4.41. The highest BCUT2D eigenvalue weighted by molar-refractivity contribution is 5.79. The summed E-state index contributed by atoms with van der Waals surface area (Å²) in [4.78, 5) is 8.54. The number of nitrogens with one attached hydrogen (secondary N) is 2. The molecular formula is C19H32N4O. The van der Waals surface area contributed by atoms with Gasteiger partial charge in [0.05, 0.1) is 18.3 Å². The largest absolute Gasteiger partial charge is 0.378 e. The molecule has 1 aromatic rings. The lowest BCUT2D eigenvalue weighted by Crippen LogP contribution is -2.37. The molecule has 0 spiro atoms. The fourth-order valence-corrected chi connectivity index (χ4v) is 2.99. The van der Waals surface area contributed by atoms with Crippen molar-refractivity contribution >= 4 is 5.96 Å². The summed E-state index contributed by atoms with van der Waals surface area (Å²) < 4.78 is 6.02. The minimum Gasteiger partial charge on any atom is -0.378 e. The summed E-state index contributed by atoms with van der Waals surface area (Å²) in [5, 5.41) is 6.62. The van der Waals surface area contributed by atoms with Crippen LogP contribution in [0.4, 0.5) is 0 Å². The molecule has 24 heavy (non-hydrogen) atoms. The van der Waals surface area contributed by atoms with E-state index in [1.807, 2.05) is 24.4 Å². The van der Waals surface area contributed by atoms with Crippen LogP contribution in [0.1, 0.15) is 57.1 Å². The predicted octanol–water partition coefficient (Wildman–Crippen LogP) is 3.27. The van der Waals surface area contributed by atoms with E-state index in [0.717, 1.165) is 37.6 Å². The van der Waals surface area contributed by atoms with Crippen molar-refractivity contribution in [3.63, 3.8) is 0 Å². The van der Waals surface area contributed by atoms with Gasteiger partial charge in [-0.05, 0) is 37.8 Å². The molecule has 134 valence electrons. The van der Waals surface area contributed by atoms with Crippen molar-refractivity contribution < 1.29 is 4.74 Å².